The Bertz CT molecular complexity index is 218. The molecule has 0 aromatic heterocycles. The Balaban J connectivity index is 0.000000217. The molecule has 0 bridgehead atoms. The van der Waals surface area contributed by atoms with Crippen LogP contribution in [-0.4, -0.2) is 11.2 Å². The van der Waals surface area contributed by atoms with Crippen molar-refractivity contribution in [2.75, 3.05) is 0 Å². The number of hydrogen-bond acceptors (Lipinski definition) is 3. The van der Waals surface area contributed by atoms with Crippen LogP contribution in [0.3, 0.4) is 0 Å². The van der Waals surface area contributed by atoms with E-state index in [1.165, 1.54) is 5.56 Å². The van der Waals surface area contributed by atoms with Crippen LogP contribution in [0.5, 0.6) is 0 Å². The summed E-state index contributed by atoms with van der Waals surface area (Å²) in [5.74, 6) is -0.690. The van der Waals surface area contributed by atoms with Gasteiger partial charge in [-0.15, -0.1) is 0 Å². The number of benzene rings is 1. The van der Waals surface area contributed by atoms with Gasteiger partial charge in [0.25, 0.3) is 0 Å². The van der Waals surface area contributed by atoms with E-state index in [1.807, 2.05) is 18.2 Å². The summed E-state index contributed by atoms with van der Waals surface area (Å²) in [5.41, 5.74) is 1.32. The molecule has 66 valence electrons. The summed E-state index contributed by atoms with van der Waals surface area (Å²) in [7, 11) is 0. The lowest BCUT2D eigenvalue weighted by molar-refractivity contribution is -0.231. The summed E-state index contributed by atoms with van der Waals surface area (Å²) in [6.45, 7) is 3.19. The zero-order chi connectivity index (χ0) is 9.40. The molecule has 1 rings (SSSR count). The van der Waals surface area contributed by atoms with Gasteiger partial charge in [0.15, 0.2) is 0 Å². The van der Waals surface area contributed by atoms with Gasteiger partial charge in [-0.05, 0) is 6.92 Å². The van der Waals surface area contributed by atoms with Crippen LogP contribution in [0.25, 0.3) is 0 Å². The summed E-state index contributed by atoms with van der Waals surface area (Å²) in [6.07, 6.45) is 0. The lowest BCUT2D eigenvalue weighted by Crippen LogP contribution is -1.89. The van der Waals surface area contributed by atoms with Crippen molar-refractivity contribution in [3.63, 3.8) is 0 Å². The summed E-state index contributed by atoms with van der Waals surface area (Å²) in [5, 5.41) is 7.29. The molecule has 0 saturated heterocycles. The average Bonchev–Trinajstić information content (AvgIpc) is 2.07. The smallest absolute Gasteiger partial charge is 0.301 e. The first-order valence-corrected chi connectivity index (χ1v) is 3.50. The third-order valence-electron chi connectivity index (χ3n) is 1.07. The zero-order valence-corrected chi connectivity index (χ0v) is 7.15. The third-order valence-corrected chi connectivity index (χ3v) is 1.07. The number of rotatable bonds is 0. The van der Waals surface area contributed by atoms with Gasteiger partial charge in [0.1, 0.15) is 0 Å². The minimum absolute atomic E-state index is 0.690. The van der Waals surface area contributed by atoms with Crippen molar-refractivity contribution in [2.45, 2.75) is 13.8 Å². The van der Waals surface area contributed by atoms with E-state index in [0.29, 0.717) is 0 Å². The molecule has 0 spiro atoms. The Labute approximate surface area is 71.5 Å². The molecule has 1 aromatic carbocycles. The van der Waals surface area contributed by atoms with Crippen LogP contribution in [0.4, 0.5) is 0 Å². The van der Waals surface area contributed by atoms with Crippen LogP contribution in [0.2, 0.25) is 0 Å². The van der Waals surface area contributed by atoms with E-state index >= 15 is 0 Å². The minimum atomic E-state index is -0.690. The lowest BCUT2D eigenvalue weighted by atomic mass is 10.2. The molecule has 0 heterocycles. The maximum atomic E-state index is 9.34. The van der Waals surface area contributed by atoms with E-state index in [1.54, 1.807) is 0 Å². The van der Waals surface area contributed by atoms with Gasteiger partial charge < -0.3 is 4.89 Å². The van der Waals surface area contributed by atoms with E-state index in [2.05, 4.69) is 23.9 Å². The van der Waals surface area contributed by atoms with Crippen molar-refractivity contribution in [3.05, 3.63) is 35.9 Å². The summed E-state index contributed by atoms with van der Waals surface area (Å²) >= 11 is 0. The molecule has 0 fully saturated rings. The van der Waals surface area contributed by atoms with E-state index in [-0.39, 0.29) is 0 Å². The maximum Gasteiger partial charge on any atom is 0.339 e. The van der Waals surface area contributed by atoms with Crippen molar-refractivity contribution in [3.8, 4) is 0 Å². The van der Waals surface area contributed by atoms with Crippen LogP contribution in [-0.2, 0) is 9.68 Å². The third kappa shape index (κ3) is 6.77. The zero-order valence-electron chi connectivity index (χ0n) is 7.15. The fourth-order valence-electron chi connectivity index (χ4n) is 0.534. The van der Waals surface area contributed by atoms with Gasteiger partial charge >= 0.3 is 5.97 Å². The first kappa shape index (κ1) is 10.7. The molecule has 3 heteroatoms. The Kier molecular flexibility index (Phi) is 5.65. The molecule has 0 radical (unpaired) electrons. The van der Waals surface area contributed by atoms with Gasteiger partial charge in [-0.3, -0.25) is 0 Å². The van der Waals surface area contributed by atoms with Gasteiger partial charge in [0, 0.05) is 6.92 Å². The first-order chi connectivity index (χ1) is 5.66. The molecule has 1 aromatic rings. The Morgan fingerprint density at radius 3 is 1.92 bits per heavy atom. The highest BCUT2D eigenvalue weighted by atomic mass is 17.1. The molecule has 0 aliphatic carbocycles. The highest BCUT2D eigenvalue weighted by Gasteiger charge is 1.79. The molecule has 0 unspecified atom stereocenters. The van der Waals surface area contributed by atoms with E-state index in [0.717, 1.165) is 6.92 Å². The quantitative estimate of drug-likeness (QED) is 0.476. The Morgan fingerprint density at radius 1 is 1.33 bits per heavy atom. The molecule has 0 aliphatic heterocycles. The highest BCUT2D eigenvalue weighted by molar-refractivity contribution is 5.64. The molecule has 3 nitrogen and oxygen atoms in total. The molecular formula is C9H12O3. The van der Waals surface area contributed by atoms with Crippen molar-refractivity contribution in [1.29, 1.82) is 0 Å². The Morgan fingerprint density at radius 2 is 1.75 bits per heavy atom. The summed E-state index contributed by atoms with van der Waals surface area (Å²) in [4.78, 5) is 12.5. The number of carbonyl (C=O) groups is 1. The second-order valence-corrected chi connectivity index (χ2v) is 2.24. The van der Waals surface area contributed by atoms with Gasteiger partial charge in [0.2, 0.25) is 0 Å². The fourth-order valence-corrected chi connectivity index (χ4v) is 0.534. The van der Waals surface area contributed by atoms with Gasteiger partial charge in [-0.2, -0.15) is 5.26 Å². The topological polar surface area (TPSA) is 46.5 Å². The van der Waals surface area contributed by atoms with Crippen molar-refractivity contribution in [2.24, 2.45) is 0 Å². The normalized spacial score (nSPS) is 7.92. The molecule has 0 saturated carbocycles. The standard InChI is InChI=1S/C7H8.C2H4O3/c1-7-5-3-2-4-6-7;1-2(3)5-4/h2-6H,1H3;4H,1H3. The van der Waals surface area contributed by atoms with Gasteiger partial charge in [-0.1, -0.05) is 35.9 Å². The number of aryl methyl sites for hydroxylation is 1. The highest BCUT2D eigenvalue weighted by Crippen LogP contribution is 1.92. The van der Waals surface area contributed by atoms with Gasteiger partial charge in [0.05, 0.1) is 0 Å². The van der Waals surface area contributed by atoms with Crippen LogP contribution >= 0.6 is 0 Å². The molecule has 0 amide bonds. The predicted molar refractivity (Wildman–Crippen MR) is 45.6 cm³/mol. The van der Waals surface area contributed by atoms with Crippen LogP contribution in [0, 0.1) is 6.92 Å². The van der Waals surface area contributed by atoms with Crippen LogP contribution in [0.1, 0.15) is 12.5 Å². The molecule has 12 heavy (non-hydrogen) atoms. The molecule has 1 N–H and O–H groups in total. The van der Waals surface area contributed by atoms with E-state index < -0.39 is 5.97 Å². The van der Waals surface area contributed by atoms with Crippen molar-refractivity contribution < 1.29 is 14.9 Å². The second-order valence-electron chi connectivity index (χ2n) is 2.24. The summed E-state index contributed by atoms with van der Waals surface area (Å²) < 4.78 is 0. The number of carbonyl (C=O) groups excluding carboxylic acids is 1. The molecular weight excluding hydrogens is 156 g/mol. The summed E-state index contributed by atoms with van der Waals surface area (Å²) in [6, 6.07) is 10.3. The molecule has 0 atom stereocenters. The van der Waals surface area contributed by atoms with E-state index in [9.17, 15) is 4.79 Å². The van der Waals surface area contributed by atoms with Crippen LogP contribution in [0.15, 0.2) is 30.3 Å². The van der Waals surface area contributed by atoms with Crippen LogP contribution < -0.4 is 0 Å². The molecule has 0 aliphatic rings. The largest absolute Gasteiger partial charge is 0.339 e. The number of hydrogen-bond donors (Lipinski definition) is 1. The average molecular weight is 168 g/mol. The first-order valence-electron chi connectivity index (χ1n) is 3.50. The monoisotopic (exact) mass is 168 g/mol. The fraction of sp³-hybridized carbons (Fsp3) is 0.222. The van der Waals surface area contributed by atoms with E-state index in [4.69, 9.17) is 5.26 Å². The maximum absolute atomic E-state index is 9.34. The minimum Gasteiger partial charge on any atom is -0.301 e. The van der Waals surface area contributed by atoms with Crippen molar-refractivity contribution in [1.82, 2.24) is 0 Å². The second kappa shape index (κ2) is 6.37. The predicted octanol–water partition coefficient (Wildman–Crippen LogP) is 2.02. The SMILES string of the molecule is CC(=O)OO.Cc1ccccc1. The van der Waals surface area contributed by atoms with Gasteiger partial charge in [-0.25, -0.2) is 4.79 Å². The Hall–Kier alpha value is -1.35. The van der Waals surface area contributed by atoms with Crippen molar-refractivity contribution >= 4 is 5.97 Å². The lowest BCUT2D eigenvalue weighted by Gasteiger charge is -1.82.